The molecule has 0 aliphatic carbocycles. The smallest absolute Gasteiger partial charge is 0.261 e. The maximum Gasteiger partial charge on any atom is 0.261 e. The van der Waals surface area contributed by atoms with E-state index in [1.807, 2.05) is 45.0 Å². The lowest BCUT2D eigenvalue weighted by molar-refractivity contribution is -0.128. The third-order valence-corrected chi connectivity index (χ3v) is 8.25. The molecule has 1 aliphatic heterocycles. The van der Waals surface area contributed by atoms with Gasteiger partial charge in [-0.1, -0.05) is 52.3 Å². The maximum absolute atomic E-state index is 13.4. The zero-order valence-corrected chi connectivity index (χ0v) is 28.0. The van der Waals surface area contributed by atoms with Crippen LogP contribution in [0.1, 0.15) is 75.6 Å². The number of hydrogen-bond acceptors (Lipinski definition) is 5. The van der Waals surface area contributed by atoms with Gasteiger partial charge in [0, 0.05) is 31.0 Å². The van der Waals surface area contributed by atoms with Crippen LogP contribution in [0.25, 0.3) is 11.1 Å². The number of fused-ring (bicyclic) bond motifs is 1. The second kappa shape index (κ2) is 17.0. The zero-order chi connectivity index (χ0) is 33.1. The van der Waals surface area contributed by atoms with E-state index in [1.54, 1.807) is 0 Å². The van der Waals surface area contributed by atoms with E-state index in [2.05, 4.69) is 36.6 Å². The van der Waals surface area contributed by atoms with Crippen molar-refractivity contribution in [1.29, 1.82) is 0 Å². The van der Waals surface area contributed by atoms with Crippen LogP contribution in [0.3, 0.4) is 0 Å². The van der Waals surface area contributed by atoms with Crippen molar-refractivity contribution in [1.82, 2.24) is 10.6 Å². The lowest BCUT2D eigenvalue weighted by Gasteiger charge is -2.28. The van der Waals surface area contributed by atoms with Crippen molar-refractivity contribution in [3.8, 4) is 28.4 Å². The molecule has 0 radical (unpaired) electrons. The van der Waals surface area contributed by atoms with Gasteiger partial charge in [-0.25, -0.2) is 4.39 Å². The lowest BCUT2D eigenvalue weighted by Crippen LogP contribution is -2.41. The minimum atomic E-state index is -0.553. The summed E-state index contributed by atoms with van der Waals surface area (Å²) in [5, 5.41) is 5.84. The fourth-order valence-electron chi connectivity index (χ4n) is 5.63. The maximum atomic E-state index is 13.4. The molecule has 2 N–H and O–H groups in total. The van der Waals surface area contributed by atoms with Crippen LogP contribution in [0.15, 0.2) is 48.5 Å². The highest BCUT2D eigenvalue weighted by atomic mass is 19.1. The minimum Gasteiger partial charge on any atom is -0.493 e. The molecule has 248 valence electrons. The van der Waals surface area contributed by atoms with Gasteiger partial charge in [-0.2, -0.15) is 0 Å². The first-order chi connectivity index (χ1) is 22.2. The SMILES string of the molecule is CCCc1c(OCCCOc2cc(C)c(-c3ccc(F)cc3)cc2CC)ccc2c1OC(C(=O)NCCCNC(=O)C(C)C)CC2. The summed E-state index contributed by atoms with van der Waals surface area (Å²) in [4.78, 5) is 24.6. The molecule has 1 heterocycles. The third-order valence-electron chi connectivity index (χ3n) is 8.25. The molecule has 0 aromatic heterocycles. The number of halogens is 1. The van der Waals surface area contributed by atoms with Gasteiger partial charge in [0.15, 0.2) is 6.10 Å². The van der Waals surface area contributed by atoms with Crippen molar-refractivity contribution < 1.29 is 28.2 Å². The highest BCUT2D eigenvalue weighted by Crippen LogP contribution is 2.38. The van der Waals surface area contributed by atoms with E-state index < -0.39 is 6.10 Å². The summed E-state index contributed by atoms with van der Waals surface area (Å²) in [6, 6.07) is 14.9. The van der Waals surface area contributed by atoms with Crippen molar-refractivity contribution in [2.75, 3.05) is 26.3 Å². The minimum absolute atomic E-state index is 0.0162. The van der Waals surface area contributed by atoms with E-state index in [1.165, 1.54) is 12.1 Å². The summed E-state index contributed by atoms with van der Waals surface area (Å²) in [6.07, 6.45) is 4.74. The van der Waals surface area contributed by atoms with Gasteiger partial charge in [-0.3, -0.25) is 9.59 Å². The number of carbonyl (C=O) groups excluding carboxylic acids is 2. The van der Waals surface area contributed by atoms with Crippen LogP contribution in [-0.4, -0.2) is 44.2 Å². The van der Waals surface area contributed by atoms with Crippen LogP contribution < -0.4 is 24.8 Å². The van der Waals surface area contributed by atoms with Gasteiger partial charge in [-0.15, -0.1) is 0 Å². The number of aryl methyl sites for hydroxylation is 3. The number of ether oxygens (including phenoxy) is 3. The normalized spacial score (nSPS) is 13.9. The van der Waals surface area contributed by atoms with Gasteiger partial charge in [0.2, 0.25) is 5.91 Å². The molecule has 4 rings (SSSR count). The summed E-state index contributed by atoms with van der Waals surface area (Å²) in [7, 11) is 0. The molecule has 0 saturated carbocycles. The molecule has 0 spiro atoms. The first-order valence-electron chi connectivity index (χ1n) is 16.7. The Bertz CT molecular complexity index is 1470. The number of nitrogens with one attached hydrogen (secondary N) is 2. The average molecular weight is 633 g/mol. The predicted molar refractivity (Wildman–Crippen MR) is 180 cm³/mol. The van der Waals surface area contributed by atoms with Gasteiger partial charge in [-0.05, 0) is 97.2 Å². The molecule has 1 aliphatic rings. The van der Waals surface area contributed by atoms with Crippen molar-refractivity contribution in [3.05, 3.63) is 76.6 Å². The Labute approximate surface area is 273 Å². The molecular formula is C38H49FN2O5. The molecule has 0 fully saturated rings. The predicted octanol–water partition coefficient (Wildman–Crippen LogP) is 7.14. The van der Waals surface area contributed by atoms with Gasteiger partial charge >= 0.3 is 0 Å². The van der Waals surface area contributed by atoms with Crippen LogP contribution >= 0.6 is 0 Å². The van der Waals surface area contributed by atoms with Crippen molar-refractivity contribution in [2.24, 2.45) is 5.92 Å². The van der Waals surface area contributed by atoms with E-state index in [0.717, 1.165) is 76.3 Å². The number of benzene rings is 3. The Morgan fingerprint density at radius 2 is 1.67 bits per heavy atom. The second-order valence-corrected chi connectivity index (χ2v) is 12.2. The molecule has 0 saturated heterocycles. The molecule has 3 aromatic carbocycles. The summed E-state index contributed by atoms with van der Waals surface area (Å²) in [6.45, 7) is 12.0. The second-order valence-electron chi connectivity index (χ2n) is 12.2. The molecule has 1 unspecified atom stereocenters. The van der Waals surface area contributed by atoms with Crippen molar-refractivity contribution in [2.45, 2.75) is 85.7 Å². The number of amides is 2. The third kappa shape index (κ3) is 9.24. The Morgan fingerprint density at radius 1 is 0.957 bits per heavy atom. The molecule has 46 heavy (non-hydrogen) atoms. The Morgan fingerprint density at radius 3 is 2.37 bits per heavy atom. The van der Waals surface area contributed by atoms with E-state index in [-0.39, 0.29) is 23.5 Å². The molecule has 2 amide bonds. The number of carbonyl (C=O) groups is 2. The summed E-state index contributed by atoms with van der Waals surface area (Å²) < 4.78 is 32.2. The summed E-state index contributed by atoms with van der Waals surface area (Å²) in [5.41, 5.74) is 6.37. The summed E-state index contributed by atoms with van der Waals surface area (Å²) >= 11 is 0. The monoisotopic (exact) mass is 632 g/mol. The van der Waals surface area contributed by atoms with Crippen molar-refractivity contribution >= 4 is 11.8 Å². The quantitative estimate of drug-likeness (QED) is 0.164. The van der Waals surface area contributed by atoms with E-state index >= 15 is 0 Å². The van der Waals surface area contributed by atoms with Crippen LogP contribution in [0, 0.1) is 18.7 Å². The van der Waals surface area contributed by atoms with Crippen LogP contribution in [0.4, 0.5) is 4.39 Å². The first-order valence-corrected chi connectivity index (χ1v) is 16.7. The van der Waals surface area contributed by atoms with Gasteiger partial charge in [0.1, 0.15) is 23.1 Å². The van der Waals surface area contributed by atoms with Gasteiger partial charge in [0.25, 0.3) is 5.91 Å². The Balaban J connectivity index is 1.30. The fourth-order valence-corrected chi connectivity index (χ4v) is 5.63. The topological polar surface area (TPSA) is 85.9 Å². The molecular weight excluding hydrogens is 583 g/mol. The molecule has 8 heteroatoms. The van der Waals surface area contributed by atoms with Crippen LogP contribution in [0.5, 0.6) is 17.2 Å². The fraction of sp³-hybridized carbons (Fsp3) is 0.474. The van der Waals surface area contributed by atoms with Crippen LogP contribution in [-0.2, 0) is 28.9 Å². The molecule has 1 atom stereocenters. The molecule has 0 bridgehead atoms. The number of rotatable bonds is 16. The molecule has 7 nitrogen and oxygen atoms in total. The van der Waals surface area contributed by atoms with E-state index in [4.69, 9.17) is 14.2 Å². The number of hydrogen-bond donors (Lipinski definition) is 2. The first kappa shape index (κ1) is 34.8. The highest BCUT2D eigenvalue weighted by Gasteiger charge is 2.29. The highest BCUT2D eigenvalue weighted by molar-refractivity contribution is 5.81. The van der Waals surface area contributed by atoms with E-state index in [9.17, 15) is 14.0 Å². The Kier molecular flexibility index (Phi) is 12.9. The standard InChI is InChI=1S/C38H49FN2O5/c1-6-10-31-33(17-13-29-14-18-34(46-36(29)31)38(43)41-20-8-19-40-37(42)25(3)4)44-21-9-22-45-35-23-26(5)32(24-27(35)7-2)28-11-15-30(39)16-12-28/h11-13,15-17,23-25,34H,6-10,14,18-22H2,1-5H3,(H,40,42)(H,41,43). The summed E-state index contributed by atoms with van der Waals surface area (Å²) in [5.74, 6) is 2.02. The average Bonchev–Trinajstić information content (AvgIpc) is 3.05. The molecule has 3 aromatic rings. The largest absolute Gasteiger partial charge is 0.493 e. The van der Waals surface area contributed by atoms with Gasteiger partial charge < -0.3 is 24.8 Å². The Hall–Kier alpha value is -4.07. The van der Waals surface area contributed by atoms with Crippen LogP contribution in [0.2, 0.25) is 0 Å². The lowest BCUT2D eigenvalue weighted by atomic mass is 9.96. The van der Waals surface area contributed by atoms with E-state index in [0.29, 0.717) is 45.6 Å². The van der Waals surface area contributed by atoms with Gasteiger partial charge in [0.05, 0.1) is 13.2 Å². The zero-order valence-electron chi connectivity index (χ0n) is 28.0. The van der Waals surface area contributed by atoms with Crippen molar-refractivity contribution in [3.63, 3.8) is 0 Å².